The number of amides is 1. The van der Waals surface area contributed by atoms with Gasteiger partial charge in [-0.1, -0.05) is 6.92 Å². The normalized spacial score (nSPS) is 16.8. The Bertz CT molecular complexity index is 345. The highest BCUT2D eigenvalue weighted by molar-refractivity contribution is 5.78. The molecule has 0 aromatic carbocycles. The summed E-state index contributed by atoms with van der Waals surface area (Å²) in [6.07, 6.45) is 6.92. The van der Waals surface area contributed by atoms with Gasteiger partial charge in [-0.2, -0.15) is 0 Å². The van der Waals surface area contributed by atoms with E-state index in [2.05, 4.69) is 20.6 Å². The minimum Gasteiger partial charge on any atom is -0.347 e. The summed E-state index contributed by atoms with van der Waals surface area (Å²) < 4.78 is 0. The molecule has 1 aliphatic rings. The summed E-state index contributed by atoms with van der Waals surface area (Å²) in [5, 5.41) is 6.15. The molecule has 1 aromatic rings. The molecule has 2 rings (SSSR count). The standard InChI is InChI=1S/C12H20N4O/c1-2-10(12-14-5-6-15-12)16-11(17)8-13-7-9-3-4-9/h5-6,9-10,13H,2-4,7-8H2,1H3,(H,14,15)(H,16,17). The van der Waals surface area contributed by atoms with Gasteiger partial charge in [-0.3, -0.25) is 4.79 Å². The molecular formula is C12H20N4O. The van der Waals surface area contributed by atoms with Crippen molar-refractivity contribution in [3.63, 3.8) is 0 Å². The number of hydrogen-bond donors (Lipinski definition) is 3. The largest absolute Gasteiger partial charge is 0.347 e. The van der Waals surface area contributed by atoms with E-state index >= 15 is 0 Å². The molecule has 1 aliphatic carbocycles. The Morgan fingerprint density at radius 3 is 3.06 bits per heavy atom. The highest BCUT2D eigenvalue weighted by Gasteiger charge is 2.21. The van der Waals surface area contributed by atoms with Crippen molar-refractivity contribution in [3.8, 4) is 0 Å². The lowest BCUT2D eigenvalue weighted by Crippen LogP contribution is -2.37. The quantitative estimate of drug-likeness (QED) is 0.661. The summed E-state index contributed by atoms with van der Waals surface area (Å²) in [6.45, 7) is 3.39. The summed E-state index contributed by atoms with van der Waals surface area (Å²) in [5.74, 6) is 1.66. The highest BCUT2D eigenvalue weighted by atomic mass is 16.2. The molecule has 1 amide bonds. The molecule has 0 bridgehead atoms. The van der Waals surface area contributed by atoms with Gasteiger partial charge >= 0.3 is 0 Å². The second-order valence-corrected chi connectivity index (χ2v) is 4.58. The van der Waals surface area contributed by atoms with Crippen molar-refractivity contribution in [1.82, 2.24) is 20.6 Å². The third kappa shape index (κ3) is 3.85. The zero-order valence-corrected chi connectivity index (χ0v) is 10.2. The fourth-order valence-corrected chi connectivity index (χ4v) is 1.79. The van der Waals surface area contributed by atoms with Gasteiger partial charge in [0.2, 0.25) is 5.91 Å². The van der Waals surface area contributed by atoms with Gasteiger partial charge in [-0.05, 0) is 31.7 Å². The molecule has 1 heterocycles. The number of aromatic amines is 1. The molecule has 1 saturated carbocycles. The zero-order chi connectivity index (χ0) is 12.1. The maximum absolute atomic E-state index is 11.7. The molecule has 1 aromatic heterocycles. The molecule has 94 valence electrons. The first-order valence-corrected chi connectivity index (χ1v) is 6.29. The maximum atomic E-state index is 11.7. The van der Waals surface area contributed by atoms with Gasteiger partial charge in [-0.25, -0.2) is 4.98 Å². The topological polar surface area (TPSA) is 69.8 Å². The lowest BCUT2D eigenvalue weighted by Gasteiger charge is -2.14. The Kier molecular flexibility index (Phi) is 4.14. The molecule has 17 heavy (non-hydrogen) atoms. The van der Waals surface area contributed by atoms with Crippen LogP contribution in [0.3, 0.4) is 0 Å². The van der Waals surface area contributed by atoms with Gasteiger partial charge in [0.05, 0.1) is 12.6 Å². The van der Waals surface area contributed by atoms with Crippen LogP contribution in [-0.2, 0) is 4.79 Å². The van der Waals surface area contributed by atoms with E-state index in [9.17, 15) is 4.79 Å². The molecule has 0 aliphatic heterocycles. The Balaban J connectivity index is 1.71. The van der Waals surface area contributed by atoms with Gasteiger partial charge < -0.3 is 15.6 Å². The number of imidazole rings is 1. The van der Waals surface area contributed by atoms with Crippen LogP contribution in [0.4, 0.5) is 0 Å². The van der Waals surface area contributed by atoms with Crippen LogP contribution < -0.4 is 10.6 Å². The van der Waals surface area contributed by atoms with E-state index in [1.165, 1.54) is 12.8 Å². The van der Waals surface area contributed by atoms with E-state index in [0.29, 0.717) is 6.54 Å². The minimum atomic E-state index is -0.0137. The number of hydrogen-bond acceptors (Lipinski definition) is 3. The minimum absolute atomic E-state index is 0.0137. The van der Waals surface area contributed by atoms with Crippen molar-refractivity contribution in [2.45, 2.75) is 32.2 Å². The fourth-order valence-electron chi connectivity index (χ4n) is 1.79. The predicted octanol–water partition coefficient (Wildman–Crippen LogP) is 0.977. The molecule has 0 spiro atoms. The molecule has 1 atom stereocenters. The first kappa shape index (κ1) is 12.1. The first-order valence-electron chi connectivity index (χ1n) is 6.29. The summed E-state index contributed by atoms with van der Waals surface area (Å²) in [7, 11) is 0. The summed E-state index contributed by atoms with van der Waals surface area (Å²) in [6, 6.07) is -0.0137. The van der Waals surface area contributed by atoms with Crippen LogP contribution in [-0.4, -0.2) is 29.0 Å². The van der Waals surface area contributed by atoms with Crippen LogP contribution >= 0.6 is 0 Å². The maximum Gasteiger partial charge on any atom is 0.234 e. The van der Waals surface area contributed by atoms with Gasteiger partial charge in [0.15, 0.2) is 0 Å². The summed E-state index contributed by atoms with van der Waals surface area (Å²) >= 11 is 0. The van der Waals surface area contributed by atoms with Crippen molar-refractivity contribution in [2.75, 3.05) is 13.1 Å². The highest BCUT2D eigenvalue weighted by Crippen LogP contribution is 2.27. The lowest BCUT2D eigenvalue weighted by molar-refractivity contribution is -0.121. The number of aromatic nitrogens is 2. The van der Waals surface area contributed by atoms with Crippen molar-refractivity contribution < 1.29 is 4.79 Å². The predicted molar refractivity (Wildman–Crippen MR) is 65.4 cm³/mol. The summed E-state index contributed by atoms with van der Waals surface area (Å²) in [4.78, 5) is 18.9. The second kappa shape index (κ2) is 5.82. The zero-order valence-electron chi connectivity index (χ0n) is 10.2. The Hall–Kier alpha value is -1.36. The number of carbonyl (C=O) groups is 1. The monoisotopic (exact) mass is 236 g/mol. The van der Waals surface area contributed by atoms with Crippen LogP contribution in [0.2, 0.25) is 0 Å². The fraction of sp³-hybridized carbons (Fsp3) is 0.667. The van der Waals surface area contributed by atoms with Crippen LogP contribution in [0.25, 0.3) is 0 Å². The van der Waals surface area contributed by atoms with Crippen molar-refractivity contribution in [3.05, 3.63) is 18.2 Å². The van der Waals surface area contributed by atoms with E-state index < -0.39 is 0 Å². The smallest absolute Gasteiger partial charge is 0.234 e. The van der Waals surface area contributed by atoms with Crippen LogP contribution in [0.15, 0.2) is 12.4 Å². The molecule has 3 N–H and O–H groups in total. The average molecular weight is 236 g/mol. The second-order valence-electron chi connectivity index (χ2n) is 4.58. The lowest BCUT2D eigenvalue weighted by atomic mass is 10.2. The molecule has 1 unspecified atom stereocenters. The number of nitrogens with zero attached hydrogens (tertiary/aromatic N) is 1. The molecule has 0 saturated heterocycles. The number of rotatable bonds is 7. The van der Waals surface area contributed by atoms with Crippen molar-refractivity contribution in [1.29, 1.82) is 0 Å². The van der Waals surface area contributed by atoms with E-state index in [1.54, 1.807) is 12.4 Å². The number of H-pyrrole nitrogens is 1. The van der Waals surface area contributed by atoms with Crippen LogP contribution in [0.5, 0.6) is 0 Å². The van der Waals surface area contributed by atoms with Gasteiger partial charge in [0.25, 0.3) is 0 Å². The van der Waals surface area contributed by atoms with Gasteiger partial charge in [0.1, 0.15) is 5.82 Å². The number of carbonyl (C=O) groups excluding carboxylic acids is 1. The molecule has 5 nitrogen and oxygen atoms in total. The van der Waals surface area contributed by atoms with Gasteiger partial charge in [-0.15, -0.1) is 0 Å². The van der Waals surface area contributed by atoms with E-state index in [-0.39, 0.29) is 11.9 Å². The van der Waals surface area contributed by atoms with E-state index in [0.717, 1.165) is 24.7 Å². The molecular weight excluding hydrogens is 216 g/mol. The van der Waals surface area contributed by atoms with Crippen LogP contribution in [0.1, 0.15) is 38.1 Å². The average Bonchev–Trinajstić information content (AvgIpc) is 2.98. The molecule has 0 radical (unpaired) electrons. The first-order chi connectivity index (χ1) is 8.29. The molecule has 1 fully saturated rings. The third-order valence-corrected chi connectivity index (χ3v) is 3.01. The Labute approximate surface area is 101 Å². The SMILES string of the molecule is CCC(NC(=O)CNCC1CC1)c1ncc[nH]1. The Morgan fingerprint density at radius 2 is 2.47 bits per heavy atom. The van der Waals surface area contributed by atoms with Crippen LogP contribution in [0, 0.1) is 5.92 Å². The third-order valence-electron chi connectivity index (χ3n) is 3.01. The van der Waals surface area contributed by atoms with Crippen molar-refractivity contribution >= 4 is 5.91 Å². The Morgan fingerprint density at radius 1 is 1.65 bits per heavy atom. The molecule has 5 heteroatoms. The van der Waals surface area contributed by atoms with Crippen molar-refractivity contribution in [2.24, 2.45) is 5.92 Å². The van der Waals surface area contributed by atoms with E-state index in [4.69, 9.17) is 0 Å². The van der Waals surface area contributed by atoms with Gasteiger partial charge in [0, 0.05) is 12.4 Å². The number of nitrogens with one attached hydrogen (secondary N) is 3. The van der Waals surface area contributed by atoms with E-state index in [1.807, 2.05) is 6.92 Å². The summed E-state index contributed by atoms with van der Waals surface area (Å²) in [5.41, 5.74) is 0.